The van der Waals surface area contributed by atoms with E-state index in [2.05, 4.69) is 25.3 Å². The Hall–Kier alpha value is -1.96. The van der Waals surface area contributed by atoms with Crippen molar-refractivity contribution in [3.05, 3.63) is 59.7 Å². The molecule has 2 aromatic rings. The fourth-order valence-electron chi connectivity index (χ4n) is 2.61. The molecule has 2 rings (SSSR count). The summed E-state index contributed by atoms with van der Waals surface area (Å²) in [6.45, 7) is 4.33. The van der Waals surface area contributed by atoms with E-state index in [1.54, 1.807) is 13.8 Å². The molecule has 0 amide bonds. The van der Waals surface area contributed by atoms with E-state index in [0.717, 1.165) is 20.9 Å². The van der Waals surface area contributed by atoms with E-state index >= 15 is 0 Å². The molecule has 0 aliphatic rings. The molecule has 0 N–H and O–H groups in total. The quantitative estimate of drug-likeness (QED) is 0.332. The van der Waals surface area contributed by atoms with Gasteiger partial charge < -0.3 is 14.2 Å². The number of hydrogen-bond donors (Lipinski definition) is 2. The van der Waals surface area contributed by atoms with Crippen molar-refractivity contribution in [1.82, 2.24) is 0 Å². The fourth-order valence-corrected chi connectivity index (χ4v) is 3.09. The van der Waals surface area contributed by atoms with Gasteiger partial charge in [-0.25, -0.2) is 0 Å². The monoisotopic (exact) mass is 434 g/mol. The van der Waals surface area contributed by atoms with Crippen LogP contribution in [-0.4, -0.2) is 38.4 Å². The van der Waals surface area contributed by atoms with Crippen LogP contribution in [0.1, 0.15) is 36.8 Å². The Balaban J connectivity index is 1.60. The van der Waals surface area contributed by atoms with Gasteiger partial charge in [0.05, 0.1) is 25.0 Å². The van der Waals surface area contributed by atoms with E-state index in [-0.39, 0.29) is 50.2 Å². The van der Waals surface area contributed by atoms with Crippen LogP contribution in [0.3, 0.4) is 0 Å². The second-order valence-corrected chi connectivity index (χ2v) is 7.61. The van der Waals surface area contributed by atoms with Gasteiger partial charge in [-0.2, -0.15) is 0 Å². The first-order valence-electron chi connectivity index (χ1n) is 9.37. The molecule has 0 radical (unpaired) electrons. The second kappa shape index (κ2) is 11.9. The molecule has 0 aliphatic carbocycles. The average molecular weight is 435 g/mol. The maximum atomic E-state index is 12.1. The van der Waals surface area contributed by atoms with Gasteiger partial charge in [-0.15, -0.1) is 25.3 Å². The first-order chi connectivity index (χ1) is 13.9. The summed E-state index contributed by atoms with van der Waals surface area (Å²) in [5, 5.41) is 0. The van der Waals surface area contributed by atoms with Crippen molar-refractivity contribution in [3.63, 3.8) is 0 Å². The molecule has 156 valence electrons. The first kappa shape index (κ1) is 23.3. The molecule has 2 aromatic carbocycles. The number of rotatable bonds is 10. The number of esters is 2. The minimum Gasteiger partial charge on any atom is -0.463 e. The molecule has 0 heterocycles. The molecule has 2 atom stereocenters. The second-order valence-electron chi connectivity index (χ2n) is 6.58. The molecular weight excluding hydrogens is 408 g/mol. The molecule has 0 bridgehead atoms. The molecule has 0 aliphatic heterocycles. The fraction of sp³-hybridized carbons (Fsp3) is 0.364. The third-order valence-electron chi connectivity index (χ3n) is 4.39. The van der Waals surface area contributed by atoms with E-state index in [0.29, 0.717) is 0 Å². The zero-order chi connectivity index (χ0) is 21.2. The predicted octanol–water partition coefficient (Wildman–Crippen LogP) is 4.27. The van der Waals surface area contributed by atoms with Gasteiger partial charge in [-0.1, -0.05) is 24.3 Å². The molecule has 29 heavy (non-hydrogen) atoms. The summed E-state index contributed by atoms with van der Waals surface area (Å²) in [7, 11) is 0. The van der Waals surface area contributed by atoms with Crippen molar-refractivity contribution < 1.29 is 23.8 Å². The van der Waals surface area contributed by atoms with Gasteiger partial charge in [-0.05, 0) is 49.2 Å². The van der Waals surface area contributed by atoms with Crippen molar-refractivity contribution in [2.45, 2.75) is 35.5 Å². The number of carbonyl (C=O) groups excluding carboxylic acids is 2. The number of hydrogen-bond acceptors (Lipinski definition) is 7. The van der Waals surface area contributed by atoms with E-state index in [4.69, 9.17) is 14.2 Å². The number of ether oxygens (including phenoxy) is 3. The van der Waals surface area contributed by atoms with Crippen LogP contribution in [0, 0.1) is 0 Å². The van der Waals surface area contributed by atoms with Crippen molar-refractivity contribution in [2.75, 3.05) is 26.4 Å². The third-order valence-corrected chi connectivity index (χ3v) is 4.95. The summed E-state index contributed by atoms with van der Waals surface area (Å²) in [5.41, 5.74) is 1.71. The van der Waals surface area contributed by atoms with Gasteiger partial charge in [0.15, 0.2) is 0 Å². The lowest BCUT2D eigenvalue weighted by atomic mass is 10.0. The number of carbonyl (C=O) groups is 2. The normalized spacial score (nSPS) is 12.8. The Kier molecular flexibility index (Phi) is 9.57. The molecule has 7 heteroatoms. The Morgan fingerprint density at radius 2 is 1.17 bits per heavy atom. The van der Waals surface area contributed by atoms with Gasteiger partial charge in [0.25, 0.3) is 0 Å². The van der Waals surface area contributed by atoms with Gasteiger partial charge >= 0.3 is 11.9 Å². The van der Waals surface area contributed by atoms with Crippen molar-refractivity contribution >= 4 is 37.2 Å². The SMILES string of the molecule is CC(C(=O)OCCOCCOC(=O)C(C)c1cccc(S)c1)c1cccc(S)c1. The standard InChI is InChI=1S/C22H26O5S2/c1-15(17-5-3-7-19(28)13-17)21(23)26-11-9-25-10-12-27-22(24)16(2)18-6-4-8-20(29)14-18/h3-8,13-16,28-29H,9-12H2,1-2H3. The highest BCUT2D eigenvalue weighted by molar-refractivity contribution is 7.80. The van der Waals surface area contributed by atoms with E-state index < -0.39 is 0 Å². The Morgan fingerprint density at radius 3 is 1.55 bits per heavy atom. The lowest BCUT2D eigenvalue weighted by molar-refractivity contribution is -0.148. The minimum absolute atomic E-state index is 0.142. The maximum Gasteiger partial charge on any atom is 0.313 e. The van der Waals surface area contributed by atoms with Crippen molar-refractivity contribution in [2.24, 2.45) is 0 Å². The maximum absolute atomic E-state index is 12.1. The lowest BCUT2D eigenvalue weighted by Gasteiger charge is -2.13. The highest BCUT2D eigenvalue weighted by Crippen LogP contribution is 2.20. The van der Waals surface area contributed by atoms with E-state index in [1.807, 2.05) is 48.5 Å². The van der Waals surface area contributed by atoms with Gasteiger partial charge in [-0.3, -0.25) is 9.59 Å². The predicted molar refractivity (Wildman–Crippen MR) is 117 cm³/mol. The van der Waals surface area contributed by atoms with E-state index in [9.17, 15) is 9.59 Å². The number of thiol groups is 2. The summed E-state index contributed by atoms with van der Waals surface area (Å²) in [4.78, 5) is 25.8. The topological polar surface area (TPSA) is 61.8 Å². The van der Waals surface area contributed by atoms with Crippen LogP contribution < -0.4 is 0 Å². The zero-order valence-electron chi connectivity index (χ0n) is 16.5. The van der Waals surface area contributed by atoms with Crippen molar-refractivity contribution in [3.8, 4) is 0 Å². The van der Waals surface area contributed by atoms with Gasteiger partial charge in [0, 0.05) is 9.79 Å². The Labute approximate surface area is 182 Å². The summed E-state index contributed by atoms with van der Waals surface area (Å²) in [6, 6.07) is 14.8. The molecule has 0 spiro atoms. The van der Waals surface area contributed by atoms with Crippen LogP contribution in [0.5, 0.6) is 0 Å². The van der Waals surface area contributed by atoms with Crippen molar-refractivity contribution in [1.29, 1.82) is 0 Å². The summed E-state index contributed by atoms with van der Waals surface area (Å²) in [5.74, 6) is -1.39. The highest BCUT2D eigenvalue weighted by atomic mass is 32.1. The smallest absolute Gasteiger partial charge is 0.313 e. The third kappa shape index (κ3) is 7.76. The summed E-state index contributed by atoms with van der Waals surface area (Å²) < 4.78 is 15.8. The van der Waals surface area contributed by atoms with Crippen LogP contribution in [0.15, 0.2) is 58.3 Å². The van der Waals surface area contributed by atoms with Crippen LogP contribution in [0.25, 0.3) is 0 Å². The largest absolute Gasteiger partial charge is 0.463 e. The molecule has 0 aromatic heterocycles. The number of benzene rings is 2. The molecule has 0 saturated carbocycles. The lowest BCUT2D eigenvalue weighted by Crippen LogP contribution is -2.19. The Bertz CT molecular complexity index is 757. The average Bonchev–Trinajstić information content (AvgIpc) is 2.71. The summed E-state index contributed by atoms with van der Waals surface area (Å²) >= 11 is 8.55. The highest BCUT2D eigenvalue weighted by Gasteiger charge is 2.18. The van der Waals surface area contributed by atoms with E-state index in [1.165, 1.54) is 0 Å². The van der Waals surface area contributed by atoms with Gasteiger partial charge in [0.2, 0.25) is 0 Å². The molecule has 0 fully saturated rings. The van der Waals surface area contributed by atoms with Crippen LogP contribution in [0.4, 0.5) is 0 Å². The van der Waals surface area contributed by atoms with Crippen LogP contribution in [-0.2, 0) is 23.8 Å². The Morgan fingerprint density at radius 1 is 0.759 bits per heavy atom. The molecular formula is C22H26O5S2. The van der Waals surface area contributed by atoms with Crippen LogP contribution in [0.2, 0.25) is 0 Å². The van der Waals surface area contributed by atoms with Gasteiger partial charge in [0.1, 0.15) is 13.2 Å². The molecule has 0 saturated heterocycles. The molecule has 5 nitrogen and oxygen atoms in total. The zero-order valence-corrected chi connectivity index (χ0v) is 18.3. The summed E-state index contributed by atoms with van der Waals surface area (Å²) in [6.07, 6.45) is 0. The first-order valence-corrected chi connectivity index (χ1v) is 10.3. The van der Waals surface area contributed by atoms with Crippen LogP contribution >= 0.6 is 25.3 Å². The molecule has 2 unspecified atom stereocenters. The minimum atomic E-state index is -0.375.